The minimum absolute atomic E-state index is 0.241. The molecule has 0 spiro atoms. The van der Waals surface area contributed by atoms with E-state index in [1.54, 1.807) is 0 Å². The molecule has 0 bridgehead atoms. The quantitative estimate of drug-likeness (QED) is 0.158. The van der Waals surface area contributed by atoms with Gasteiger partial charge in [0.15, 0.2) is 12.0 Å². The van der Waals surface area contributed by atoms with E-state index in [1.807, 2.05) is 85.2 Å². The van der Waals surface area contributed by atoms with Crippen LogP contribution in [0.2, 0.25) is 0 Å². The molecule has 0 radical (unpaired) electrons. The first kappa shape index (κ1) is 31.4. The highest BCUT2D eigenvalue weighted by atomic mass is 16.3. The average Bonchev–Trinajstić information content (AvgIpc) is 3.84. The van der Waals surface area contributed by atoms with Gasteiger partial charge < -0.3 is 14.2 Å². The monoisotopic (exact) mass is 696 g/mol. The van der Waals surface area contributed by atoms with E-state index in [1.165, 1.54) is 0 Å². The number of rotatable bonds is 8. The third-order valence-electron chi connectivity index (χ3n) is 9.76. The van der Waals surface area contributed by atoms with E-state index in [2.05, 4.69) is 113 Å². The van der Waals surface area contributed by atoms with Crippen molar-refractivity contribution in [1.82, 2.24) is 9.97 Å². The number of fused-ring (bicyclic) bond motifs is 4. The van der Waals surface area contributed by atoms with E-state index in [-0.39, 0.29) is 6.17 Å². The van der Waals surface area contributed by atoms with Crippen LogP contribution < -0.4 is 20.5 Å². The van der Waals surface area contributed by atoms with Crippen LogP contribution in [-0.2, 0) is 0 Å². The summed E-state index contributed by atoms with van der Waals surface area (Å²) in [5.41, 5.74) is 9.44. The summed E-state index contributed by atoms with van der Waals surface area (Å²) in [4.78, 5) is 24.1. The van der Waals surface area contributed by atoms with Crippen LogP contribution >= 0.6 is 0 Å². The zero-order valence-corrected chi connectivity index (χ0v) is 29.1. The van der Waals surface area contributed by atoms with Gasteiger partial charge in [0, 0.05) is 50.8 Å². The van der Waals surface area contributed by atoms with Gasteiger partial charge in [-0.15, -0.1) is 0 Å². The van der Waals surface area contributed by atoms with E-state index in [4.69, 9.17) is 24.4 Å². The molecule has 2 aromatic heterocycles. The number of para-hydroxylation sites is 3. The molecule has 0 N–H and O–H groups in total. The SMILES string of the molecule is c1ccc(C2N=c3ccc(N(c4ccccc4)c4ccc5c(c4)oc4cccc(-c6ncc(N(c7ccccc7)c7ccccc7)cn6)c45)cc3=N2)cc1. The Bertz CT molecular complexity index is 2840. The van der Waals surface area contributed by atoms with Crippen LogP contribution in [0.4, 0.5) is 34.1 Å². The molecule has 0 saturated heterocycles. The lowest BCUT2D eigenvalue weighted by molar-refractivity contribution is 0.669. The van der Waals surface area contributed by atoms with Crippen molar-refractivity contribution in [2.24, 2.45) is 9.98 Å². The van der Waals surface area contributed by atoms with Crippen molar-refractivity contribution in [3.63, 3.8) is 0 Å². The molecular weight excluding hydrogens is 665 g/mol. The summed E-state index contributed by atoms with van der Waals surface area (Å²) >= 11 is 0. The largest absolute Gasteiger partial charge is 0.456 e. The lowest BCUT2D eigenvalue weighted by Gasteiger charge is -2.25. The number of anilines is 6. The highest BCUT2D eigenvalue weighted by Gasteiger charge is 2.20. The third-order valence-corrected chi connectivity index (χ3v) is 9.76. The molecule has 7 aromatic carbocycles. The minimum atomic E-state index is -0.241. The number of aromatic nitrogens is 2. The Balaban J connectivity index is 1.04. The molecule has 0 fully saturated rings. The maximum Gasteiger partial charge on any atom is 0.166 e. The van der Waals surface area contributed by atoms with Gasteiger partial charge in [-0.2, -0.15) is 0 Å². The zero-order valence-electron chi connectivity index (χ0n) is 29.1. The fourth-order valence-corrected chi connectivity index (χ4v) is 7.27. The molecule has 1 atom stereocenters. The summed E-state index contributed by atoms with van der Waals surface area (Å²) in [6.07, 6.45) is 3.53. The van der Waals surface area contributed by atoms with Gasteiger partial charge in [0.1, 0.15) is 11.2 Å². The predicted octanol–water partition coefficient (Wildman–Crippen LogP) is 10.9. The Morgan fingerprint density at radius 1 is 0.426 bits per heavy atom. The molecule has 1 aliphatic heterocycles. The maximum absolute atomic E-state index is 6.57. The van der Waals surface area contributed by atoms with E-state index in [9.17, 15) is 0 Å². The number of hydrogen-bond donors (Lipinski definition) is 0. The molecule has 3 heterocycles. The molecule has 54 heavy (non-hydrogen) atoms. The minimum Gasteiger partial charge on any atom is -0.456 e. The summed E-state index contributed by atoms with van der Waals surface area (Å²) < 4.78 is 6.57. The van der Waals surface area contributed by atoms with E-state index in [0.29, 0.717) is 5.82 Å². The number of hydrogen-bond acceptors (Lipinski definition) is 7. The van der Waals surface area contributed by atoms with Gasteiger partial charge in [0.2, 0.25) is 0 Å². The van der Waals surface area contributed by atoms with Crippen molar-refractivity contribution in [3.8, 4) is 11.4 Å². The smallest absolute Gasteiger partial charge is 0.166 e. The zero-order chi connectivity index (χ0) is 35.8. The lowest BCUT2D eigenvalue weighted by Crippen LogP contribution is -2.23. The van der Waals surface area contributed by atoms with Gasteiger partial charge in [-0.1, -0.05) is 97.1 Å². The van der Waals surface area contributed by atoms with Crippen LogP contribution in [-0.4, -0.2) is 9.97 Å². The highest BCUT2D eigenvalue weighted by molar-refractivity contribution is 6.12. The summed E-state index contributed by atoms with van der Waals surface area (Å²) in [5, 5.41) is 3.74. The third kappa shape index (κ3) is 5.65. The molecule has 256 valence electrons. The van der Waals surface area contributed by atoms with E-state index >= 15 is 0 Å². The Hall–Kier alpha value is -7.38. The summed E-state index contributed by atoms with van der Waals surface area (Å²) in [5.74, 6) is 0.629. The van der Waals surface area contributed by atoms with Crippen molar-refractivity contribution < 1.29 is 4.42 Å². The van der Waals surface area contributed by atoms with Gasteiger partial charge in [0.25, 0.3) is 0 Å². The predicted molar refractivity (Wildman–Crippen MR) is 216 cm³/mol. The van der Waals surface area contributed by atoms with Crippen LogP contribution in [0.5, 0.6) is 0 Å². The fourth-order valence-electron chi connectivity index (χ4n) is 7.27. The summed E-state index contributed by atoms with van der Waals surface area (Å²) in [6, 6.07) is 59.8. The number of furan rings is 1. The van der Waals surface area contributed by atoms with Crippen LogP contribution in [0.3, 0.4) is 0 Å². The fraction of sp³-hybridized carbons (Fsp3) is 0.0213. The summed E-state index contributed by atoms with van der Waals surface area (Å²) in [6.45, 7) is 0. The molecule has 1 unspecified atom stereocenters. The first-order valence-electron chi connectivity index (χ1n) is 17.9. The Morgan fingerprint density at radius 2 is 0.981 bits per heavy atom. The first-order chi connectivity index (χ1) is 26.8. The normalized spacial score (nSPS) is 13.3. The second-order valence-corrected chi connectivity index (χ2v) is 13.1. The van der Waals surface area contributed by atoms with E-state index < -0.39 is 0 Å². The van der Waals surface area contributed by atoms with Crippen molar-refractivity contribution in [2.75, 3.05) is 9.80 Å². The van der Waals surface area contributed by atoms with Crippen LogP contribution in [0.25, 0.3) is 33.3 Å². The standard InChI is InChI=1S/C47H32N6O/c1-5-14-32(15-6-1)46-50-41-27-25-36(28-42(41)51-46)53(35-20-11-4-12-21-35)37-24-26-39-44(29-37)54-43-23-13-22-40(45(39)43)47-48-30-38(31-49-47)52(33-16-7-2-8-17-33)34-18-9-3-10-19-34/h1-31,46H. The molecule has 10 rings (SSSR count). The van der Waals surface area contributed by atoms with Crippen molar-refractivity contribution >= 4 is 56.1 Å². The highest BCUT2D eigenvalue weighted by Crippen LogP contribution is 2.41. The Labute approximate surface area is 311 Å². The molecule has 1 aliphatic rings. The average molecular weight is 697 g/mol. The van der Waals surface area contributed by atoms with Gasteiger partial charge in [-0.05, 0) is 78.4 Å². The van der Waals surface area contributed by atoms with Gasteiger partial charge >= 0.3 is 0 Å². The Kier molecular flexibility index (Phi) is 7.73. The molecule has 7 nitrogen and oxygen atoms in total. The van der Waals surface area contributed by atoms with E-state index in [0.717, 1.165) is 77.9 Å². The topological polar surface area (TPSA) is 70.1 Å². The second kappa shape index (κ2) is 13.3. The van der Waals surface area contributed by atoms with Gasteiger partial charge in [0.05, 0.1) is 28.8 Å². The first-order valence-corrected chi connectivity index (χ1v) is 17.9. The van der Waals surface area contributed by atoms with Gasteiger partial charge in [-0.3, -0.25) is 9.98 Å². The number of benzene rings is 7. The molecular formula is C47H32N6O. The molecule has 0 saturated carbocycles. The maximum atomic E-state index is 6.57. The van der Waals surface area contributed by atoms with Gasteiger partial charge in [-0.25, -0.2) is 9.97 Å². The van der Waals surface area contributed by atoms with Crippen LogP contribution in [0.15, 0.2) is 203 Å². The summed E-state index contributed by atoms with van der Waals surface area (Å²) in [7, 11) is 0. The lowest BCUT2D eigenvalue weighted by atomic mass is 10.0. The Morgan fingerprint density at radius 3 is 1.63 bits per heavy atom. The molecule has 9 aromatic rings. The van der Waals surface area contributed by atoms with Crippen molar-refractivity contribution in [2.45, 2.75) is 6.17 Å². The second-order valence-electron chi connectivity index (χ2n) is 13.1. The molecule has 0 aliphatic carbocycles. The number of nitrogens with zero attached hydrogens (tertiary/aromatic N) is 6. The molecule has 0 amide bonds. The van der Waals surface area contributed by atoms with Crippen molar-refractivity contribution in [3.05, 3.63) is 205 Å². The van der Waals surface area contributed by atoms with Crippen LogP contribution in [0.1, 0.15) is 11.7 Å². The van der Waals surface area contributed by atoms with Crippen LogP contribution in [0, 0.1) is 0 Å². The molecule has 7 heteroatoms. The van der Waals surface area contributed by atoms with Crippen molar-refractivity contribution in [1.29, 1.82) is 0 Å².